The molecule has 7 heteroatoms. The van der Waals surface area contributed by atoms with E-state index >= 15 is 0 Å². The Morgan fingerprint density at radius 3 is 2.75 bits per heavy atom. The van der Waals surface area contributed by atoms with Gasteiger partial charge in [0.05, 0.1) is 19.8 Å². The zero-order chi connectivity index (χ0) is 20.2. The SMILES string of the molecule is CCNC(=NCc1cccc(NC(=O)CCN2CCOCC2)c1)NCC(C)C. The first-order valence-corrected chi connectivity index (χ1v) is 10.3. The van der Waals surface area contributed by atoms with Crippen molar-refractivity contribution in [3.63, 3.8) is 0 Å². The van der Waals surface area contributed by atoms with Gasteiger partial charge in [-0.05, 0) is 30.5 Å². The van der Waals surface area contributed by atoms with Crippen LogP contribution >= 0.6 is 0 Å². The fourth-order valence-electron chi connectivity index (χ4n) is 2.87. The van der Waals surface area contributed by atoms with Gasteiger partial charge >= 0.3 is 0 Å². The summed E-state index contributed by atoms with van der Waals surface area (Å²) in [6, 6.07) is 7.89. The van der Waals surface area contributed by atoms with E-state index in [-0.39, 0.29) is 5.91 Å². The summed E-state index contributed by atoms with van der Waals surface area (Å²) >= 11 is 0. The van der Waals surface area contributed by atoms with Crippen molar-refractivity contribution < 1.29 is 9.53 Å². The number of nitrogens with zero attached hydrogens (tertiary/aromatic N) is 2. The minimum atomic E-state index is 0.0408. The lowest BCUT2D eigenvalue weighted by atomic mass is 10.2. The second-order valence-electron chi connectivity index (χ2n) is 7.42. The van der Waals surface area contributed by atoms with E-state index in [1.807, 2.05) is 24.3 Å². The van der Waals surface area contributed by atoms with Gasteiger partial charge in [-0.3, -0.25) is 9.69 Å². The molecule has 0 spiro atoms. The fraction of sp³-hybridized carbons (Fsp3) is 0.619. The van der Waals surface area contributed by atoms with Crippen LogP contribution in [0.15, 0.2) is 29.3 Å². The summed E-state index contributed by atoms with van der Waals surface area (Å²) in [4.78, 5) is 19.2. The molecule has 1 fully saturated rings. The number of guanidine groups is 1. The minimum absolute atomic E-state index is 0.0408. The third kappa shape index (κ3) is 8.71. The summed E-state index contributed by atoms with van der Waals surface area (Å²) in [7, 11) is 0. The standard InChI is InChI=1S/C21H35N5O2/c1-4-22-21(23-15-17(2)3)24-16-18-6-5-7-19(14-18)25-20(27)8-9-26-10-12-28-13-11-26/h5-7,14,17H,4,8-13,15-16H2,1-3H3,(H,25,27)(H2,22,23,24). The Balaban J connectivity index is 1.84. The molecule has 28 heavy (non-hydrogen) atoms. The van der Waals surface area contributed by atoms with Gasteiger partial charge in [0.1, 0.15) is 0 Å². The van der Waals surface area contributed by atoms with E-state index < -0.39 is 0 Å². The molecule has 0 saturated carbocycles. The van der Waals surface area contributed by atoms with Gasteiger partial charge in [0.15, 0.2) is 5.96 Å². The number of hydrogen-bond acceptors (Lipinski definition) is 4. The number of nitrogens with one attached hydrogen (secondary N) is 3. The van der Waals surface area contributed by atoms with Crippen LogP contribution in [0.5, 0.6) is 0 Å². The maximum Gasteiger partial charge on any atom is 0.225 e. The van der Waals surface area contributed by atoms with Crippen LogP contribution in [0.25, 0.3) is 0 Å². The Hall–Kier alpha value is -2.12. The van der Waals surface area contributed by atoms with Crippen molar-refractivity contribution in [3.05, 3.63) is 29.8 Å². The first-order chi connectivity index (χ1) is 13.6. The number of carbonyl (C=O) groups is 1. The second kappa shape index (κ2) is 12.4. The molecule has 1 heterocycles. The van der Waals surface area contributed by atoms with Gasteiger partial charge in [-0.2, -0.15) is 0 Å². The average molecular weight is 390 g/mol. The van der Waals surface area contributed by atoms with E-state index in [1.54, 1.807) is 0 Å². The highest BCUT2D eigenvalue weighted by molar-refractivity contribution is 5.90. The summed E-state index contributed by atoms with van der Waals surface area (Å²) < 4.78 is 5.34. The summed E-state index contributed by atoms with van der Waals surface area (Å²) in [5, 5.41) is 9.60. The highest BCUT2D eigenvalue weighted by Crippen LogP contribution is 2.12. The number of rotatable bonds is 9. The molecule has 0 unspecified atom stereocenters. The Labute approximate surface area is 168 Å². The number of amides is 1. The van der Waals surface area contributed by atoms with Gasteiger partial charge in [0, 0.05) is 44.8 Å². The molecule has 1 aliphatic rings. The normalized spacial score (nSPS) is 15.5. The third-order valence-electron chi connectivity index (χ3n) is 4.41. The topological polar surface area (TPSA) is 78.0 Å². The molecule has 2 rings (SSSR count). The van der Waals surface area contributed by atoms with E-state index in [2.05, 4.69) is 46.6 Å². The van der Waals surface area contributed by atoms with Gasteiger partial charge in [0.2, 0.25) is 5.91 Å². The quantitative estimate of drug-likeness (QED) is 0.445. The van der Waals surface area contributed by atoms with Crippen LogP contribution in [0.4, 0.5) is 5.69 Å². The predicted molar refractivity (Wildman–Crippen MR) is 115 cm³/mol. The Kier molecular flexibility index (Phi) is 9.79. The van der Waals surface area contributed by atoms with Crippen LogP contribution in [-0.2, 0) is 16.1 Å². The molecule has 0 aromatic heterocycles. The zero-order valence-electron chi connectivity index (χ0n) is 17.5. The first kappa shape index (κ1) is 22.2. The van der Waals surface area contributed by atoms with E-state index in [0.29, 0.717) is 18.9 Å². The summed E-state index contributed by atoms with van der Waals surface area (Å²) in [5.74, 6) is 1.41. The van der Waals surface area contributed by atoms with Gasteiger partial charge in [-0.15, -0.1) is 0 Å². The van der Waals surface area contributed by atoms with Crippen LogP contribution < -0.4 is 16.0 Å². The molecule has 1 aromatic carbocycles. The van der Waals surface area contributed by atoms with E-state index in [9.17, 15) is 4.79 Å². The zero-order valence-corrected chi connectivity index (χ0v) is 17.5. The molecular formula is C21H35N5O2. The lowest BCUT2D eigenvalue weighted by Crippen LogP contribution is -2.39. The molecule has 0 aliphatic carbocycles. The molecule has 156 valence electrons. The Morgan fingerprint density at radius 2 is 2.04 bits per heavy atom. The van der Waals surface area contributed by atoms with E-state index in [1.165, 1.54) is 0 Å². The van der Waals surface area contributed by atoms with Gasteiger partial charge in [-0.1, -0.05) is 26.0 Å². The van der Waals surface area contributed by atoms with Gasteiger partial charge < -0.3 is 20.7 Å². The van der Waals surface area contributed by atoms with Crippen molar-refractivity contribution in [1.29, 1.82) is 0 Å². The first-order valence-electron chi connectivity index (χ1n) is 10.3. The van der Waals surface area contributed by atoms with Crippen LogP contribution in [0, 0.1) is 5.92 Å². The number of aliphatic imine (C=N–C) groups is 1. The number of carbonyl (C=O) groups excluding carboxylic acids is 1. The molecule has 1 saturated heterocycles. The maximum absolute atomic E-state index is 12.3. The summed E-state index contributed by atoms with van der Waals surface area (Å²) in [6.07, 6.45) is 0.492. The van der Waals surface area contributed by atoms with Crippen molar-refractivity contribution in [2.75, 3.05) is 51.3 Å². The number of anilines is 1. The Bertz CT molecular complexity index is 627. The lowest BCUT2D eigenvalue weighted by Gasteiger charge is -2.26. The number of benzene rings is 1. The van der Waals surface area contributed by atoms with Crippen LogP contribution in [0.3, 0.4) is 0 Å². The van der Waals surface area contributed by atoms with E-state index in [4.69, 9.17) is 4.74 Å². The largest absolute Gasteiger partial charge is 0.379 e. The maximum atomic E-state index is 12.3. The second-order valence-corrected chi connectivity index (χ2v) is 7.42. The molecule has 1 aromatic rings. The van der Waals surface area contributed by atoms with E-state index in [0.717, 1.165) is 63.1 Å². The highest BCUT2D eigenvalue weighted by Gasteiger charge is 2.12. The molecule has 7 nitrogen and oxygen atoms in total. The molecular weight excluding hydrogens is 354 g/mol. The lowest BCUT2D eigenvalue weighted by molar-refractivity contribution is -0.116. The molecule has 3 N–H and O–H groups in total. The predicted octanol–water partition coefficient (Wildman–Crippen LogP) is 2.06. The monoisotopic (exact) mass is 389 g/mol. The number of ether oxygens (including phenoxy) is 1. The Morgan fingerprint density at radius 1 is 1.25 bits per heavy atom. The summed E-state index contributed by atoms with van der Waals surface area (Å²) in [5.41, 5.74) is 1.88. The van der Waals surface area contributed by atoms with Crippen molar-refractivity contribution in [3.8, 4) is 0 Å². The summed E-state index contributed by atoms with van der Waals surface area (Å²) in [6.45, 7) is 12.7. The smallest absolute Gasteiger partial charge is 0.225 e. The third-order valence-corrected chi connectivity index (χ3v) is 4.41. The van der Waals surface area contributed by atoms with Crippen molar-refractivity contribution in [2.24, 2.45) is 10.9 Å². The van der Waals surface area contributed by atoms with Crippen molar-refractivity contribution in [1.82, 2.24) is 15.5 Å². The molecule has 0 radical (unpaired) electrons. The van der Waals surface area contributed by atoms with Crippen LogP contribution in [0.1, 0.15) is 32.8 Å². The van der Waals surface area contributed by atoms with Crippen molar-refractivity contribution >= 4 is 17.6 Å². The highest BCUT2D eigenvalue weighted by atomic mass is 16.5. The molecule has 1 aliphatic heterocycles. The van der Waals surface area contributed by atoms with Crippen molar-refractivity contribution in [2.45, 2.75) is 33.7 Å². The van der Waals surface area contributed by atoms with Gasteiger partial charge in [-0.25, -0.2) is 4.99 Å². The average Bonchev–Trinajstić information content (AvgIpc) is 2.69. The fourth-order valence-corrected chi connectivity index (χ4v) is 2.87. The molecule has 0 bridgehead atoms. The number of morpholine rings is 1. The van der Waals surface area contributed by atoms with Crippen LogP contribution in [-0.4, -0.2) is 62.7 Å². The minimum Gasteiger partial charge on any atom is -0.379 e. The molecule has 0 atom stereocenters. The van der Waals surface area contributed by atoms with Crippen LogP contribution in [0.2, 0.25) is 0 Å². The molecule has 1 amide bonds. The number of hydrogen-bond donors (Lipinski definition) is 3. The van der Waals surface area contributed by atoms with Gasteiger partial charge in [0.25, 0.3) is 0 Å².